The van der Waals surface area contributed by atoms with Gasteiger partial charge in [0.2, 0.25) is 0 Å². The highest BCUT2D eigenvalue weighted by atomic mass is 127. The van der Waals surface area contributed by atoms with Crippen LogP contribution in [0.2, 0.25) is 0 Å². The Morgan fingerprint density at radius 3 is 2.20 bits per heavy atom. The molecule has 0 amide bonds. The number of halogens is 1. The van der Waals surface area contributed by atoms with Crippen molar-refractivity contribution in [3.8, 4) is 11.5 Å². The van der Waals surface area contributed by atoms with E-state index in [2.05, 4.69) is 34.5 Å². The second-order valence-electron chi connectivity index (χ2n) is 4.32. The Kier molecular flexibility index (Phi) is 5.00. The summed E-state index contributed by atoms with van der Waals surface area (Å²) >= 11 is 2.26. The number of nitrogens with zero attached hydrogens (tertiary/aromatic N) is 1. The Bertz CT molecular complexity index is 621. The number of hydrogen-bond acceptors (Lipinski definition) is 3. The maximum atomic E-state index is 5.31. The van der Waals surface area contributed by atoms with E-state index in [4.69, 9.17) is 9.47 Å². The normalized spacial score (nSPS) is 10.8. The molecule has 0 spiro atoms. The van der Waals surface area contributed by atoms with Gasteiger partial charge >= 0.3 is 0 Å². The lowest BCUT2D eigenvalue weighted by atomic mass is 10.2. The molecule has 0 saturated carbocycles. The van der Waals surface area contributed by atoms with Crippen molar-refractivity contribution in [1.82, 2.24) is 0 Å². The largest absolute Gasteiger partial charge is 0.493 e. The van der Waals surface area contributed by atoms with Crippen LogP contribution in [0.3, 0.4) is 0 Å². The molecule has 3 nitrogen and oxygen atoms in total. The first-order valence-electron chi connectivity index (χ1n) is 6.16. The third-order valence-electron chi connectivity index (χ3n) is 2.89. The molecular formula is C16H16INO2. The van der Waals surface area contributed by atoms with Gasteiger partial charge in [0.25, 0.3) is 0 Å². The highest BCUT2D eigenvalue weighted by molar-refractivity contribution is 14.1. The first-order valence-corrected chi connectivity index (χ1v) is 7.24. The van der Waals surface area contributed by atoms with Crippen LogP contribution in [0.15, 0.2) is 41.4 Å². The van der Waals surface area contributed by atoms with Gasteiger partial charge in [-0.1, -0.05) is 17.7 Å². The average Bonchev–Trinajstić information content (AvgIpc) is 2.47. The number of aryl methyl sites for hydroxylation is 1. The van der Waals surface area contributed by atoms with Crippen LogP contribution in [-0.4, -0.2) is 20.4 Å². The minimum absolute atomic E-state index is 0.707. The molecule has 0 unspecified atom stereocenters. The van der Waals surface area contributed by atoms with Gasteiger partial charge in [0.15, 0.2) is 11.5 Å². The van der Waals surface area contributed by atoms with E-state index >= 15 is 0 Å². The van der Waals surface area contributed by atoms with Gasteiger partial charge in [0, 0.05) is 15.3 Å². The quantitative estimate of drug-likeness (QED) is 0.582. The lowest BCUT2D eigenvalue weighted by Gasteiger charge is -2.09. The maximum absolute atomic E-state index is 5.31. The number of hydrogen-bond donors (Lipinski definition) is 0. The third kappa shape index (κ3) is 3.50. The predicted molar refractivity (Wildman–Crippen MR) is 90.7 cm³/mol. The van der Waals surface area contributed by atoms with Gasteiger partial charge in [-0.3, -0.25) is 4.99 Å². The zero-order valence-electron chi connectivity index (χ0n) is 11.7. The van der Waals surface area contributed by atoms with Crippen molar-refractivity contribution in [2.75, 3.05) is 14.2 Å². The van der Waals surface area contributed by atoms with Gasteiger partial charge in [0.1, 0.15) is 0 Å². The second kappa shape index (κ2) is 6.74. The second-order valence-corrected chi connectivity index (χ2v) is 5.48. The Morgan fingerprint density at radius 1 is 1.00 bits per heavy atom. The van der Waals surface area contributed by atoms with Gasteiger partial charge < -0.3 is 9.47 Å². The van der Waals surface area contributed by atoms with E-state index < -0.39 is 0 Å². The van der Waals surface area contributed by atoms with Gasteiger partial charge in [-0.15, -0.1) is 0 Å². The Labute approximate surface area is 132 Å². The molecule has 0 saturated heterocycles. The smallest absolute Gasteiger partial charge is 0.161 e. The van der Waals surface area contributed by atoms with Crippen molar-refractivity contribution in [3.05, 3.63) is 51.1 Å². The molecule has 0 aliphatic carbocycles. The summed E-state index contributed by atoms with van der Waals surface area (Å²) in [6.07, 6.45) is 1.84. The van der Waals surface area contributed by atoms with Crippen molar-refractivity contribution in [2.24, 2.45) is 4.99 Å². The Morgan fingerprint density at radius 2 is 1.60 bits per heavy atom. The fourth-order valence-electron chi connectivity index (χ4n) is 1.74. The van der Waals surface area contributed by atoms with Crippen LogP contribution in [0.4, 0.5) is 5.69 Å². The topological polar surface area (TPSA) is 30.8 Å². The molecule has 104 valence electrons. The summed E-state index contributed by atoms with van der Waals surface area (Å²) in [7, 11) is 3.26. The summed E-state index contributed by atoms with van der Waals surface area (Å²) in [5.74, 6) is 1.43. The summed E-state index contributed by atoms with van der Waals surface area (Å²) in [6, 6.07) is 12.0. The summed E-state index contributed by atoms with van der Waals surface area (Å²) in [4.78, 5) is 4.48. The van der Waals surface area contributed by atoms with E-state index in [9.17, 15) is 0 Å². The third-order valence-corrected chi connectivity index (χ3v) is 3.82. The molecule has 2 aromatic carbocycles. The molecule has 2 aromatic rings. The molecule has 0 aliphatic heterocycles. The van der Waals surface area contributed by atoms with Crippen molar-refractivity contribution in [3.63, 3.8) is 0 Å². The number of benzene rings is 2. The first-order chi connectivity index (χ1) is 9.63. The van der Waals surface area contributed by atoms with Crippen molar-refractivity contribution < 1.29 is 9.47 Å². The molecule has 0 aromatic heterocycles. The summed E-state index contributed by atoms with van der Waals surface area (Å²) in [5.41, 5.74) is 3.16. The first kappa shape index (κ1) is 14.8. The Hall–Kier alpha value is -1.56. The highest BCUT2D eigenvalue weighted by Gasteiger charge is 2.07. The van der Waals surface area contributed by atoms with Crippen LogP contribution in [0.1, 0.15) is 11.1 Å². The molecular weight excluding hydrogens is 365 g/mol. The van der Waals surface area contributed by atoms with Crippen LogP contribution in [0.5, 0.6) is 11.5 Å². The van der Waals surface area contributed by atoms with Crippen LogP contribution in [-0.2, 0) is 0 Å². The highest BCUT2D eigenvalue weighted by Crippen LogP contribution is 2.30. The molecule has 0 aliphatic rings. The summed E-state index contributed by atoms with van der Waals surface area (Å²) in [6.45, 7) is 2.06. The number of rotatable bonds is 4. The van der Waals surface area contributed by atoms with Crippen LogP contribution < -0.4 is 9.47 Å². The minimum Gasteiger partial charge on any atom is -0.493 e. The van der Waals surface area contributed by atoms with Gasteiger partial charge in [-0.25, -0.2) is 0 Å². The molecule has 0 radical (unpaired) electrons. The van der Waals surface area contributed by atoms with Crippen LogP contribution >= 0.6 is 22.6 Å². The van der Waals surface area contributed by atoms with Crippen molar-refractivity contribution in [1.29, 1.82) is 0 Å². The van der Waals surface area contributed by atoms with Crippen LogP contribution in [0.25, 0.3) is 0 Å². The molecule has 2 rings (SSSR count). The standard InChI is InChI=1S/C16H16INO2/c1-11-4-6-13(7-5-11)18-10-12-8-15(19-2)16(20-3)9-14(12)17/h4-10H,1-3H3. The molecule has 0 bridgehead atoms. The molecule has 0 fully saturated rings. The predicted octanol–water partition coefficient (Wildman–Crippen LogP) is 4.37. The van der Waals surface area contributed by atoms with Gasteiger partial charge in [-0.05, 0) is 53.8 Å². The Balaban J connectivity index is 2.31. The van der Waals surface area contributed by atoms with Gasteiger partial charge in [-0.2, -0.15) is 0 Å². The summed E-state index contributed by atoms with van der Waals surface area (Å²) < 4.78 is 11.6. The van der Waals surface area contributed by atoms with E-state index in [0.29, 0.717) is 5.75 Å². The molecule has 4 heteroatoms. The van der Waals surface area contributed by atoms with Crippen LogP contribution in [0, 0.1) is 10.5 Å². The minimum atomic E-state index is 0.707. The lowest BCUT2D eigenvalue weighted by molar-refractivity contribution is 0.354. The van der Waals surface area contributed by atoms with E-state index in [1.807, 2.05) is 42.6 Å². The van der Waals surface area contributed by atoms with E-state index in [0.717, 1.165) is 20.6 Å². The zero-order chi connectivity index (χ0) is 14.5. The van der Waals surface area contributed by atoms with E-state index in [1.54, 1.807) is 14.2 Å². The van der Waals surface area contributed by atoms with Crippen molar-refractivity contribution in [2.45, 2.75) is 6.92 Å². The van der Waals surface area contributed by atoms with Crippen molar-refractivity contribution >= 4 is 34.5 Å². The summed E-state index contributed by atoms with van der Waals surface area (Å²) in [5, 5.41) is 0. The fraction of sp³-hybridized carbons (Fsp3) is 0.188. The maximum Gasteiger partial charge on any atom is 0.161 e. The fourth-order valence-corrected chi connectivity index (χ4v) is 2.32. The molecule has 0 atom stereocenters. The number of methoxy groups -OCH3 is 2. The number of aliphatic imine (C=N–C) groups is 1. The number of ether oxygens (including phenoxy) is 2. The monoisotopic (exact) mass is 381 g/mol. The molecule has 0 N–H and O–H groups in total. The average molecular weight is 381 g/mol. The SMILES string of the molecule is COc1cc(I)c(C=Nc2ccc(C)cc2)cc1OC. The lowest BCUT2D eigenvalue weighted by Crippen LogP contribution is -1.95. The van der Waals surface area contributed by atoms with E-state index in [-0.39, 0.29) is 0 Å². The molecule has 0 heterocycles. The molecule has 20 heavy (non-hydrogen) atoms. The van der Waals surface area contributed by atoms with Gasteiger partial charge in [0.05, 0.1) is 19.9 Å². The van der Waals surface area contributed by atoms with E-state index in [1.165, 1.54) is 5.56 Å². The zero-order valence-corrected chi connectivity index (χ0v) is 13.8.